The van der Waals surface area contributed by atoms with Crippen LogP contribution in [0.5, 0.6) is 5.75 Å². The maximum atomic E-state index is 12.9. The van der Waals surface area contributed by atoms with Crippen LogP contribution in [-0.2, 0) is 25.7 Å². The number of aliphatic imine (C=N–C) groups is 1. The first kappa shape index (κ1) is 23.1. The van der Waals surface area contributed by atoms with E-state index in [9.17, 15) is 14.4 Å². The number of hydrogen-bond donors (Lipinski definition) is 1. The van der Waals surface area contributed by atoms with Gasteiger partial charge in [-0.25, -0.2) is 4.99 Å². The Morgan fingerprint density at radius 3 is 2.79 bits per heavy atom. The molecule has 1 N–H and O–H groups in total. The third-order valence-corrected chi connectivity index (χ3v) is 6.45. The molecule has 4 rings (SSSR count). The molecule has 0 unspecified atom stereocenters. The first-order chi connectivity index (χ1) is 16.0. The first-order valence-electron chi connectivity index (χ1n) is 11.8. The molecule has 0 aromatic heterocycles. The van der Waals surface area contributed by atoms with Crippen molar-refractivity contribution < 1.29 is 23.9 Å². The molecule has 1 saturated heterocycles. The van der Waals surface area contributed by atoms with Crippen molar-refractivity contribution in [1.29, 1.82) is 0 Å². The minimum absolute atomic E-state index is 0.0449. The Balaban J connectivity index is 1.27. The summed E-state index contributed by atoms with van der Waals surface area (Å²) in [5.74, 6) is 1.08. The molecule has 1 aromatic rings. The van der Waals surface area contributed by atoms with Gasteiger partial charge < -0.3 is 19.3 Å². The fourth-order valence-corrected chi connectivity index (χ4v) is 4.70. The molecule has 33 heavy (non-hydrogen) atoms. The second-order valence-corrected chi connectivity index (χ2v) is 8.79. The molecule has 9 nitrogen and oxygen atoms in total. The van der Waals surface area contributed by atoms with E-state index in [0.29, 0.717) is 45.0 Å². The molecule has 3 aliphatic rings. The Bertz CT molecular complexity index is 925. The van der Waals surface area contributed by atoms with Crippen molar-refractivity contribution in [2.75, 3.05) is 26.8 Å². The van der Waals surface area contributed by atoms with Gasteiger partial charge in [-0.1, -0.05) is 19.3 Å². The van der Waals surface area contributed by atoms with E-state index in [4.69, 9.17) is 9.47 Å². The fourth-order valence-electron chi connectivity index (χ4n) is 4.70. The van der Waals surface area contributed by atoms with Crippen molar-refractivity contribution in [2.45, 2.75) is 64.0 Å². The van der Waals surface area contributed by atoms with Gasteiger partial charge in [0, 0.05) is 31.1 Å². The largest absolute Gasteiger partial charge is 0.494 e. The Kier molecular flexibility index (Phi) is 7.47. The molecule has 0 bridgehead atoms. The van der Waals surface area contributed by atoms with Gasteiger partial charge in [0.1, 0.15) is 12.3 Å². The molecular weight excluding hydrogens is 424 g/mol. The number of nitrogens with zero attached hydrogens (tertiary/aromatic N) is 3. The number of fused-ring (bicyclic) bond motifs is 2. The number of methoxy groups -OCH3 is 1. The summed E-state index contributed by atoms with van der Waals surface area (Å²) in [6.07, 6.45) is 6.68. The molecule has 2 heterocycles. The van der Waals surface area contributed by atoms with Gasteiger partial charge >= 0.3 is 5.97 Å². The molecule has 9 heteroatoms. The summed E-state index contributed by atoms with van der Waals surface area (Å²) >= 11 is 0. The molecule has 0 spiro atoms. The normalized spacial score (nSPS) is 17.5. The molecule has 1 saturated carbocycles. The number of carbonyl (C=O) groups is 3. The smallest absolute Gasteiger partial charge is 0.307 e. The van der Waals surface area contributed by atoms with Crippen LogP contribution >= 0.6 is 0 Å². The summed E-state index contributed by atoms with van der Waals surface area (Å²) in [5, 5.41) is 2.76. The highest BCUT2D eigenvalue weighted by atomic mass is 16.5. The van der Waals surface area contributed by atoms with Crippen molar-refractivity contribution in [1.82, 2.24) is 15.1 Å². The molecule has 2 fully saturated rings. The van der Waals surface area contributed by atoms with E-state index in [0.717, 1.165) is 42.7 Å². The van der Waals surface area contributed by atoms with Crippen LogP contribution in [0.2, 0.25) is 0 Å². The average Bonchev–Trinajstić information content (AvgIpc) is 3.19. The molecule has 2 amide bonds. The van der Waals surface area contributed by atoms with Gasteiger partial charge in [0.15, 0.2) is 0 Å². The van der Waals surface area contributed by atoms with Crippen LogP contribution in [0.1, 0.15) is 56.9 Å². The maximum Gasteiger partial charge on any atom is 0.307 e. The lowest BCUT2D eigenvalue weighted by Crippen LogP contribution is -2.42. The van der Waals surface area contributed by atoms with E-state index in [2.05, 4.69) is 10.3 Å². The van der Waals surface area contributed by atoms with Gasteiger partial charge in [-0.05, 0) is 37.5 Å². The van der Waals surface area contributed by atoms with Gasteiger partial charge in [-0.3, -0.25) is 19.7 Å². The monoisotopic (exact) mass is 456 g/mol. The van der Waals surface area contributed by atoms with Gasteiger partial charge in [-0.15, -0.1) is 0 Å². The van der Waals surface area contributed by atoms with E-state index in [-0.39, 0.29) is 30.2 Å². The number of esters is 1. The Morgan fingerprint density at radius 1 is 1.18 bits per heavy atom. The summed E-state index contributed by atoms with van der Waals surface area (Å²) < 4.78 is 10.7. The summed E-state index contributed by atoms with van der Waals surface area (Å²) in [7, 11) is 1.37. The van der Waals surface area contributed by atoms with Crippen LogP contribution in [0, 0.1) is 0 Å². The number of benzene rings is 1. The molecule has 178 valence electrons. The Morgan fingerprint density at radius 2 is 2.00 bits per heavy atom. The number of guanidine groups is 1. The number of hydrogen-bond acceptors (Lipinski definition) is 7. The summed E-state index contributed by atoms with van der Waals surface area (Å²) in [4.78, 5) is 44.4. The number of carbonyl (C=O) groups excluding carboxylic acids is 3. The number of amides is 2. The third-order valence-electron chi connectivity index (χ3n) is 6.45. The van der Waals surface area contributed by atoms with E-state index < -0.39 is 0 Å². The SMILES string of the molecule is COC(=O)CCN(C(=O)CCCOc1ccc2c(c1)CN1CC(=O)NC1=N2)C1CCCCC1. The van der Waals surface area contributed by atoms with Crippen LogP contribution in [-0.4, -0.2) is 66.4 Å². The molecular formula is C24H32N4O5. The summed E-state index contributed by atoms with van der Waals surface area (Å²) in [6.45, 7) is 1.77. The lowest BCUT2D eigenvalue weighted by Gasteiger charge is -2.34. The molecule has 1 aromatic carbocycles. The number of rotatable bonds is 9. The molecule has 0 atom stereocenters. The lowest BCUT2D eigenvalue weighted by atomic mass is 9.93. The van der Waals surface area contributed by atoms with Gasteiger partial charge in [0.25, 0.3) is 0 Å². The van der Waals surface area contributed by atoms with Crippen molar-refractivity contribution in [3.63, 3.8) is 0 Å². The number of ether oxygens (including phenoxy) is 2. The Labute approximate surface area is 194 Å². The predicted octanol–water partition coefficient (Wildman–Crippen LogP) is 2.50. The van der Waals surface area contributed by atoms with Crippen molar-refractivity contribution in [3.8, 4) is 5.75 Å². The van der Waals surface area contributed by atoms with E-state index in [1.165, 1.54) is 13.5 Å². The highest BCUT2D eigenvalue weighted by molar-refractivity contribution is 6.05. The van der Waals surface area contributed by atoms with E-state index >= 15 is 0 Å². The quantitative estimate of drug-likeness (QED) is 0.453. The third kappa shape index (κ3) is 5.83. The van der Waals surface area contributed by atoms with Crippen molar-refractivity contribution >= 4 is 29.4 Å². The standard InChI is InChI=1S/C24H32N4O5/c1-32-23(31)11-12-28(18-6-3-2-4-7-18)22(30)8-5-13-33-19-9-10-20-17(14-19)15-27-16-21(29)26-24(27)25-20/h9-10,14,18H,2-8,11-13,15-16H2,1H3,(H,25,26,29). The van der Waals surface area contributed by atoms with Crippen molar-refractivity contribution in [2.24, 2.45) is 4.99 Å². The summed E-state index contributed by atoms with van der Waals surface area (Å²) in [5.41, 5.74) is 1.84. The molecule has 1 aliphatic carbocycles. The second-order valence-electron chi connectivity index (χ2n) is 8.79. The lowest BCUT2D eigenvalue weighted by molar-refractivity contribution is -0.142. The Hall–Kier alpha value is -3.10. The second kappa shape index (κ2) is 10.7. The predicted molar refractivity (Wildman–Crippen MR) is 122 cm³/mol. The summed E-state index contributed by atoms with van der Waals surface area (Å²) in [6, 6.07) is 5.92. The zero-order valence-corrected chi connectivity index (χ0v) is 19.2. The van der Waals surface area contributed by atoms with Gasteiger partial charge in [0.05, 0.1) is 25.8 Å². The van der Waals surface area contributed by atoms with Crippen LogP contribution in [0.15, 0.2) is 23.2 Å². The molecule has 2 aliphatic heterocycles. The molecule has 0 radical (unpaired) electrons. The average molecular weight is 457 g/mol. The minimum atomic E-state index is -0.287. The van der Waals surface area contributed by atoms with Crippen LogP contribution < -0.4 is 10.1 Å². The fraction of sp³-hybridized carbons (Fsp3) is 0.583. The van der Waals surface area contributed by atoms with E-state index in [1.807, 2.05) is 28.0 Å². The van der Waals surface area contributed by atoms with Crippen LogP contribution in [0.4, 0.5) is 5.69 Å². The highest BCUT2D eigenvalue weighted by Gasteiger charge is 2.29. The van der Waals surface area contributed by atoms with E-state index in [1.54, 1.807) is 0 Å². The van der Waals surface area contributed by atoms with Gasteiger partial charge in [0.2, 0.25) is 17.8 Å². The highest BCUT2D eigenvalue weighted by Crippen LogP contribution is 2.30. The topological polar surface area (TPSA) is 101 Å². The van der Waals surface area contributed by atoms with Crippen molar-refractivity contribution in [3.05, 3.63) is 23.8 Å². The van der Waals surface area contributed by atoms with Crippen LogP contribution in [0.3, 0.4) is 0 Å². The van der Waals surface area contributed by atoms with Gasteiger partial charge in [-0.2, -0.15) is 0 Å². The number of nitrogens with one attached hydrogen (secondary N) is 1. The first-order valence-corrected chi connectivity index (χ1v) is 11.8. The maximum absolute atomic E-state index is 12.9. The zero-order valence-electron chi connectivity index (χ0n) is 19.2. The van der Waals surface area contributed by atoms with Crippen LogP contribution in [0.25, 0.3) is 0 Å². The zero-order chi connectivity index (χ0) is 23.2. The minimum Gasteiger partial charge on any atom is -0.494 e.